The Hall–Kier alpha value is -9.78. The zero-order valence-corrected chi connectivity index (χ0v) is 62.7. The molecule has 538 valence electrons. The van der Waals surface area contributed by atoms with Gasteiger partial charge in [0.1, 0.15) is 0 Å². The van der Waals surface area contributed by atoms with E-state index in [0.717, 1.165) is 153 Å². The maximum absolute atomic E-state index is 7.06. The van der Waals surface area contributed by atoms with E-state index in [0.29, 0.717) is 26.4 Å². The summed E-state index contributed by atoms with van der Waals surface area (Å²) in [5.41, 5.74) is 19.3. The second kappa shape index (κ2) is 41.5. The summed E-state index contributed by atoms with van der Waals surface area (Å²) in [4.78, 5) is 4.94. The average Bonchev–Trinajstić information content (AvgIpc) is 0.744. The van der Waals surface area contributed by atoms with Crippen molar-refractivity contribution in [3.63, 3.8) is 0 Å². The minimum atomic E-state index is 0.601. The van der Waals surface area contributed by atoms with Gasteiger partial charge in [0.05, 0.1) is 37.8 Å². The second-order valence-corrected chi connectivity index (χ2v) is 28.0. The minimum absolute atomic E-state index is 0.601. The van der Waals surface area contributed by atoms with Crippen molar-refractivity contribution < 1.29 is 18.9 Å². The average molecular weight is 1380 g/mol. The largest absolute Gasteiger partial charge is 0.490 e. The van der Waals surface area contributed by atoms with E-state index in [9.17, 15) is 0 Å². The summed E-state index contributed by atoms with van der Waals surface area (Å²) in [6.07, 6.45) is 28.3. The van der Waals surface area contributed by atoms with Gasteiger partial charge >= 0.3 is 0 Å². The summed E-state index contributed by atoms with van der Waals surface area (Å²) >= 11 is 0. The first-order valence-corrected chi connectivity index (χ1v) is 39.7. The van der Waals surface area contributed by atoms with Crippen LogP contribution in [0.2, 0.25) is 0 Å². The Bertz CT molecular complexity index is 3800. The van der Waals surface area contributed by atoms with Gasteiger partial charge in [-0.15, -0.1) is 0 Å². The van der Waals surface area contributed by atoms with Gasteiger partial charge in [-0.25, -0.2) is 0 Å². The van der Waals surface area contributed by atoms with Gasteiger partial charge in [0.15, 0.2) is 23.0 Å². The third-order valence-corrected chi connectivity index (χ3v) is 20.1. The van der Waals surface area contributed by atoms with E-state index in [1.165, 1.54) is 125 Å². The van der Waals surface area contributed by atoms with Gasteiger partial charge in [-0.1, -0.05) is 338 Å². The van der Waals surface area contributed by atoms with Crippen molar-refractivity contribution >= 4 is 34.1 Å². The van der Waals surface area contributed by atoms with Crippen LogP contribution in [0.15, 0.2) is 267 Å². The second-order valence-electron chi connectivity index (χ2n) is 28.0. The molecule has 0 saturated carbocycles. The summed E-state index contributed by atoms with van der Waals surface area (Å²) in [5, 5.41) is 0. The minimum Gasteiger partial charge on any atom is -0.490 e. The molecule has 0 bridgehead atoms. The molecular formula is C98H112N2O4. The van der Waals surface area contributed by atoms with E-state index in [2.05, 4.69) is 304 Å². The van der Waals surface area contributed by atoms with Crippen molar-refractivity contribution in [1.82, 2.24) is 0 Å². The van der Waals surface area contributed by atoms with Crippen LogP contribution >= 0.6 is 0 Å². The zero-order valence-electron chi connectivity index (χ0n) is 62.7. The van der Waals surface area contributed by atoms with Gasteiger partial charge in [-0.05, 0) is 166 Å². The molecule has 11 rings (SSSR count). The number of hydrogen-bond donors (Lipinski definition) is 0. The molecule has 0 fully saturated rings. The molecule has 0 N–H and O–H groups in total. The lowest BCUT2D eigenvalue weighted by molar-refractivity contribution is 0.258. The smallest absolute Gasteiger partial charge is 0.161 e. The summed E-state index contributed by atoms with van der Waals surface area (Å²) in [6, 6.07) is 97.6. The fraction of sp³-hybridized carbons (Fsp3) is 0.327. The van der Waals surface area contributed by atoms with Crippen molar-refractivity contribution in [3.05, 3.63) is 267 Å². The number of unbranched alkanes of at least 4 members (excludes halogenated alkanes) is 20. The predicted molar refractivity (Wildman–Crippen MR) is 444 cm³/mol. The van der Waals surface area contributed by atoms with Crippen LogP contribution in [0.3, 0.4) is 0 Å². The lowest BCUT2D eigenvalue weighted by Gasteiger charge is -2.33. The molecule has 0 aromatic heterocycles. The molecule has 0 atom stereocenters. The van der Waals surface area contributed by atoms with Crippen LogP contribution in [-0.4, -0.2) is 26.4 Å². The van der Waals surface area contributed by atoms with Gasteiger partial charge in [-0.2, -0.15) is 0 Å². The Balaban J connectivity index is 1.17. The lowest BCUT2D eigenvalue weighted by Crippen LogP contribution is -2.15. The first-order chi connectivity index (χ1) is 51.5. The number of ether oxygens (including phenoxy) is 4. The quantitative estimate of drug-likeness (QED) is 0.0355. The highest BCUT2D eigenvalue weighted by molar-refractivity contribution is 6.00. The fourth-order valence-corrected chi connectivity index (χ4v) is 14.1. The topological polar surface area (TPSA) is 43.4 Å². The molecule has 0 radical (unpaired) electrons. The Kier molecular flexibility index (Phi) is 30.1. The predicted octanol–water partition coefficient (Wildman–Crippen LogP) is 29.6. The molecule has 6 heteroatoms. The Morgan fingerprint density at radius 1 is 0.192 bits per heavy atom. The number of benzene rings is 11. The van der Waals surface area contributed by atoms with Crippen molar-refractivity contribution in [2.45, 2.75) is 182 Å². The van der Waals surface area contributed by atoms with Crippen molar-refractivity contribution in [2.75, 3.05) is 36.2 Å². The molecular weight excluding hydrogens is 1270 g/mol. The standard InChI is InChI=1S/C98H112N2O4/c1-5-9-13-17-21-37-69-101-95-67-57-85(73-97(95)103-71-39-23-19-15-11-7-3)91-75-92(86-58-68-96(102-70-38-22-18-14-10-6-2)98(74-86)104-72-40-24-20-16-12-8-4)94(100(89-63-53-83(54-64-89)79-45-33-27-34-46-79)90-65-55-84(56-66-90)80-47-35-28-36-48-80)76-93(91)99(87-59-49-81(50-60-87)77-41-29-25-30-42-77)88-61-51-82(52-62-88)78-43-31-26-32-44-78/h25-36,41-68,73-76H,5-24,37-40,69-72H2,1-4H3. The third-order valence-electron chi connectivity index (χ3n) is 20.1. The molecule has 0 aliphatic carbocycles. The first kappa shape index (κ1) is 75.4. The number of nitrogens with zero attached hydrogens (tertiary/aromatic N) is 2. The monoisotopic (exact) mass is 1380 g/mol. The number of anilines is 6. The van der Waals surface area contributed by atoms with E-state index in [1.54, 1.807) is 0 Å². The summed E-state index contributed by atoms with van der Waals surface area (Å²) in [7, 11) is 0. The molecule has 0 spiro atoms. The summed E-state index contributed by atoms with van der Waals surface area (Å²) < 4.78 is 27.8. The SMILES string of the molecule is CCCCCCCCOc1ccc(-c2cc(-c3ccc(OCCCCCCCC)c(OCCCCCCCC)c3)c(N(c3ccc(-c4ccccc4)cc3)c3ccc(-c4ccccc4)cc3)cc2N(c2ccc(-c3ccccc3)cc2)c2ccc(-c3ccccc3)cc2)cc1OCCCCCCCC. The molecule has 0 amide bonds. The molecule has 0 unspecified atom stereocenters. The van der Waals surface area contributed by atoms with Crippen LogP contribution < -0.4 is 28.7 Å². The molecule has 104 heavy (non-hydrogen) atoms. The maximum Gasteiger partial charge on any atom is 0.161 e. The Morgan fingerprint density at radius 3 is 0.673 bits per heavy atom. The van der Waals surface area contributed by atoms with E-state index >= 15 is 0 Å². The molecule has 11 aromatic carbocycles. The zero-order chi connectivity index (χ0) is 71.6. The van der Waals surface area contributed by atoms with Crippen molar-refractivity contribution in [1.29, 1.82) is 0 Å². The van der Waals surface area contributed by atoms with E-state index < -0.39 is 0 Å². The van der Waals surface area contributed by atoms with Crippen LogP contribution in [0.25, 0.3) is 66.8 Å². The molecule has 0 aliphatic heterocycles. The first-order valence-electron chi connectivity index (χ1n) is 39.7. The van der Waals surface area contributed by atoms with E-state index in [1.807, 2.05) is 0 Å². The molecule has 0 saturated heterocycles. The number of rotatable bonds is 44. The van der Waals surface area contributed by atoms with Crippen molar-refractivity contribution in [3.8, 4) is 89.8 Å². The summed E-state index contributed by atoms with van der Waals surface area (Å²) in [5.74, 6) is 3.09. The van der Waals surface area contributed by atoms with Gasteiger partial charge in [0.2, 0.25) is 0 Å². The molecule has 0 aliphatic rings. The number of hydrogen-bond acceptors (Lipinski definition) is 6. The highest BCUT2D eigenvalue weighted by Gasteiger charge is 2.27. The Morgan fingerprint density at radius 2 is 0.413 bits per heavy atom. The molecule has 6 nitrogen and oxygen atoms in total. The highest BCUT2D eigenvalue weighted by Crippen LogP contribution is 2.52. The fourth-order valence-electron chi connectivity index (χ4n) is 14.1. The van der Waals surface area contributed by atoms with Crippen LogP contribution in [0.1, 0.15) is 182 Å². The summed E-state index contributed by atoms with van der Waals surface area (Å²) in [6.45, 7) is 11.6. The van der Waals surface area contributed by atoms with Gasteiger partial charge in [0.25, 0.3) is 0 Å². The van der Waals surface area contributed by atoms with Crippen LogP contribution in [0, 0.1) is 0 Å². The van der Waals surface area contributed by atoms with Gasteiger partial charge < -0.3 is 28.7 Å². The highest BCUT2D eigenvalue weighted by atomic mass is 16.5. The Labute approximate surface area is 624 Å². The van der Waals surface area contributed by atoms with Gasteiger partial charge in [0, 0.05) is 33.9 Å². The third kappa shape index (κ3) is 21.7. The molecule has 0 heterocycles. The van der Waals surface area contributed by atoms with Crippen LogP contribution in [0.4, 0.5) is 34.1 Å². The normalized spacial score (nSPS) is 11.2. The maximum atomic E-state index is 7.06. The lowest BCUT2D eigenvalue weighted by atomic mass is 9.92. The van der Waals surface area contributed by atoms with Crippen LogP contribution in [0.5, 0.6) is 23.0 Å². The van der Waals surface area contributed by atoms with Crippen LogP contribution in [-0.2, 0) is 0 Å². The van der Waals surface area contributed by atoms with E-state index in [-0.39, 0.29) is 0 Å². The molecule has 11 aromatic rings. The van der Waals surface area contributed by atoms with E-state index in [4.69, 9.17) is 18.9 Å². The van der Waals surface area contributed by atoms with Crippen molar-refractivity contribution in [2.24, 2.45) is 0 Å². The van der Waals surface area contributed by atoms with Gasteiger partial charge in [-0.3, -0.25) is 0 Å².